The van der Waals surface area contributed by atoms with Crippen molar-refractivity contribution in [2.24, 2.45) is 17.1 Å². The number of thioether (sulfide) groups is 1. The minimum atomic E-state index is -1.95. The summed E-state index contributed by atoms with van der Waals surface area (Å²) in [6.07, 6.45) is 1.25. The Morgan fingerprint density at radius 2 is 1.89 bits per heavy atom. The van der Waals surface area contributed by atoms with Crippen molar-refractivity contribution in [2.75, 3.05) is 38.5 Å². The van der Waals surface area contributed by atoms with Gasteiger partial charge in [-0.3, -0.25) is 14.4 Å². The summed E-state index contributed by atoms with van der Waals surface area (Å²) in [7, 11) is 0. The smallest absolute Gasteiger partial charge is 0.258 e. The number of carbonyl (C=O) groups is 3. The highest BCUT2D eigenvalue weighted by atomic mass is 32.2. The molecular weight excluding hydrogens is 740 g/mol. The van der Waals surface area contributed by atoms with Crippen LogP contribution in [0.5, 0.6) is 5.75 Å². The number of hydrogen-bond acceptors (Lipinski definition) is 10. The normalized spacial score (nSPS) is 20.7. The molecule has 298 valence electrons. The van der Waals surface area contributed by atoms with Gasteiger partial charge in [0.15, 0.2) is 5.67 Å². The summed E-state index contributed by atoms with van der Waals surface area (Å²) in [5.41, 5.74) is 8.21. The van der Waals surface area contributed by atoms with E-state index in [4.69, 9.17) is 10.5 Å². The van der Waals surface area contributed by atoms with Gasteiger partial charge in [-0.1, -0.05) is 51.1 Å². The second-order valence-electron chi connectivity index (χ2n) is 16.4. The molecule has 1 aromatic heterocycles. The molecule has 0 bridgehead atoms. The average molecular weight is 795 g/mol. The van der Waals surface area contributed by atoms with Crippen LogP contribution in [0.25, 0.3) is 10.4 Å². The van der Waals surface area contributed by atoms with Crippen LogP contribution in [0.4, 0.5) is 4.39 Å². The summed E-state index contributed by atoms with van der Waals surface area (Å²) in [6, 6.07) is 14.4. The summed E-state index contributed by atoms with van der Waals surface area (Å²) < 4.78 is 21.0. The molecule has 6 rings (SSSR count). The first-order chi connectivity index (χ1) is 26.2. The Morgan fingerprint density at radius 1 is 1.15 bits per heavy atom. The van der Waals surface area contributed by atoms with Gasteiger partial charge in [0, 0.05) is 54.9 Å². The van der Waals surface area contributed by atoms with Crippen LogP contribution < -0.4 is 21.1 Å². The van der Waals surface area contributed by atoms with Crippen LogP contribution in [0.3, 0.4) is 0 Å². The topological polar surface area (TPSA) is 150 Å². The van der Waals surface area contributed by atoms with Crippen LogP contribution in [0.1, 0.15) is 64.1 Å². The second-order valence-corrected chi connectivity index (χ2v) is 18.3. The van der Waals surface area contributed by atoms with E-state index in [1.54, 1.807) is 43.9 Å². The van der Waals surface area contributed by atoms with Gasteiger partial charge in [0.25, 0.3) is 5.91 Å². The molecule has 1 aliphatic carbocycles. The lowest BCUT2D eigenvalue weighted by molar-refractivity contribution is -0.145. The first kappa shape index (κ1) is 41.1. The van der Waals surface area contributed by atoms with Crippen molar-refractivity contribution in [3.8, 4) is 16.2 Å². The minimum absolute atomic E-state index is 0.0549. The number of aliphatic hydroxyl groups excluding tert-OH is 1. The molecule has 4 atom stereocenters. The van der Waals surface area contributed by atoms with Gasteiger partial charge >= 0.3 is 0 Å². The lowest BCUT2D eigenvalue weighted by atomic mass is 9.85. The predicted octanol–water partition coefficient (Wildman–Crippen LogP) is 4.94. The molecule has 3 heterocycles. The highest BCUT2D eigenvalue weighted by Crippen LogP contribution is 2.40. The standard InChI is InChI=1S/C41H55FN6O5S2/c1-26-35(55-25-45-26)28-10-11-29(34(18-28)53-17-13-27-21-47(22-27)16-12-30(43)24-54-32-8-6-5-7-9-32)20-44-37(50)33-19-31(49)23-48(33)38(51)36(40(2,3)4)46-39(52)41(42)14-15-41/h5-11,18,25,27,30-31,33,36,49H,12-17,19-24,43H2,1-4H3,(H,44,50)(H,46,52)/t30?,31-,33+,36?/m1/s1. The monoisotopic (exact) mass is 794 g/mol. The SMILES string of the molecule is Cc1ncsc1-c1ccc(CNC(=O)[C@@H]2C[C@@H](O)CN2C(=O)C(NC(=O)C2(F)CC2)C(C)(C)C)c(OCCC2CN(CCC(N)CSc3ccccc3)C2)c1. The van der Waals surface area contributed by atoms with Crippen LogP contribution in [0.15, 0.2) is 58.9 Å². The van der Waals surface area contributed by atoms with E-state index in [-0.39, 0.29) is 38.4 Å². The number of nitrogens with zero attached hydrogens (tertiary/aromatic N) is 3. The average Bonchev–Trinajstić information content (AvgIpc) is 3.55. The van der Waals surface area contributed by atoms with Crippen molar-refractivity contribution < 1.29 is 28.6 Å². The third-order valence-electron chi connectivity index (χ3n) is 10.7. The number of aliphatic hydroxyl groups is 1. The van der Waals surface area contributed by atoms with E-state index in [0.29, 0.717) is 18.3 Å². The molecule has 1 saturated carbocycles. The summed E-state index contributed by atoms with van der Waals surface area (Å²) in [5, 5.41) is 16.2. The fraction of sp³-hybridized carbons (Fsp3) is 0.561. The maximum atomic E-state index is 14.6. The van der Waals surface area contributed by atoms with Crippen molar-refractivity contribution >= 4 is 40.8 Å². The number of carbonyl (C=O) groups excluding carboxylic acids is 3. The zero-order chi connectivity index (χ0) is 39.3. The van der Waals surface area contributed by atoms with Crippen LogP contribution in [0, 0.1) is 18.3 Å². The number of aryl methyl sites for hydroxylation is 1. The van der Waals surface area contributed by atoms with Crippen molar-refractivity contribution in [1.29, 1.82) is 0 Å². The van der Waals surface area contributed by atoms with E-state index in [1.807, 2.05) is 48.8 Å². The van der Waals surface area contributed by atoms with Gasteiger partial charge in [-0.25, -0.2) is 9.37 Å². The van der Waals surface area contributed by atoms with Gasteiger partial charge in [-0.15, -0.1) is 23.1 Å². The molecule has 2 unspecified atom stereocenters. The van der Waals surface area contributed by atoms with Crippen LogP contribution >= 0.6 is 23.1 Å². The maximum absolute atomic E-state index is 14.6. The van der Waals surface area contributed by atoms with E-state index in [1.165, 1.54) is 9.80 Å². The molecule has 55 heavy (non-hydrogen) atoms. The van der Waals surface area contributed by atoms with Gasteiger partial charge in [0.1, 0.15) is 17.8 Å². The number of β-amino-alcohol motifs (C(OH)–C–C–N with tert-alkyl or cyclic N) is 1. The molecule has 0 spiro atoms. The molecule has 3 amide bonds. The van der Waals surface area contributed by atoms with Gasteiger partial charge in [-0.05, 0) is 74.2 Å². The van der Waals surface area contributed by atoms with E-state index >= 15 is 0 Å². The molecule has 14 heteroatoms. The molecular formula is C41H55FN6O5S2. The Balaban J connectivity index is 1.03. The van der Waals surface area contributed by atoms with Crippen molar-refractivity contribution in [3.05, 3.63) is 65.3 Å². The fourth-order valence-electron chi connectivity index (χ4n) is 7.10. The minimum Gasteiger partial charge on any atom is -0.493 e. The summed E-state index contributed by atoms with van der Waals surface area (Å²) in [6.45, 7) is 10.9. The van der Waals surface area contributed by atoms with Gasteiger partial charge in [0.2, 0.25) is 11.8 Å². The van der Waals surface area contributed by atoms with Crippen molar-refractivity contribution in [1.82, 2.24) is 25.4 Å². The molecule has 2 saturated heterocycles. The molecule has 5 N–H and O–H groups in total. The van der Waals surface area contributed by atoms with Crippen LogP contribution in [-0.2, 0) is 20.9 Å². The zero-order valence-electron chi connectivity index (χ0n) is 32.3. The second kappa shape index (κ2) is 17.7. The van der Waals surface area contributed by atoms with E-state index in [9.17, 15) is 23.9 Å². The zero-order valence-corrected chi connectivity index (χ0v) is 33.9. The summed E-state index contributed by atoms with van der Waals surface area (Å²) >= 11 is 3.36. The van der Waals surface area contributed by atoms with Crippen LogP contribution in [-0.4, -0.2) is 106 Å². The number of aromatic nitrogens is 1. The number of nitrogens with two attached hydrogens (primary N) is 1. The number of alkyl halides is 1. The highest BCUT2D eigenvalue weighted by molar-refractivity contribution is 7.99. The number of nitrogens with one attached hydrogen (secondary N) is 2. The Kier molecular flexibility index (Phi) is 13.2. The lowest BCUT2D eigenvalue weighted by Crippen LogP contribution is -2.59. The lowest BCUT2D eigenvalue weighted by Gasteiger charge is -2.39. The number of ether oxygens (including phenoxy) is 1. The number of rotatable bonds is 17. The number of likely N-dealkylation sites (tertiary alicyclic amines) is 2. The van der Waals surface area contributed by atoms with E-state index in [2.05, 4.69) is 32.7 Å². The quantitative estimate of drug-likeness (QED) is 0.140. The molecule has 11 nitrogen and oxygen atoms in total. The summed E-state index contributed by atoms with van der Waals surface area (Å²) in [4.78, 5) is 50.7. The fourth-order valence-corrected chi connectivity index (χ4v) is 8.83. The van der Waals surface area contributed by atoms with Crippen molar-refractivity contribution in [2.45, 2.75) is 101 Å². The third-order valence-corrected chi connectivity index (χ3v) is 12.9. The van der Waals surface area contributed by atoms with E-state index < -0.39 is 47.0 Å². The summed E-state index contributed by atoms with van der Waals surface area (Å²) in [5.74, 6) is 0.345. The largest absolute Gasteiger partial charge is 0.493 e. The Morgan fingerprint density at radius 3 is 2.56 bits per heavy atom. The molecule has 2 aliphatic heterocycles. The maximum Gasteiger partial charge on any atom is 0.258 e. The Labute approximate surface area is 332 Å². The number of amides is 3. The number of thiazole rings is 1. The molecule has 2 aromatic carbocycles. The Hall–Kier alpha value is -3.56. The first-order valence-electron chi connectivity index (χ1n) is 19.3. The van der Waals surface area contributed by atoms with Crippen molar-refractivity contribution in [3.63, 3.8) is 0 Å². The predicted molar refractivity (Wildman–Crippen MR) is 215 cm³/mol. The molecule has 0 radical (unpaired) electrons. The van der Waals surface area contributed by atoms with E-state index in [0.717, 1.165) is 59.9 Å². The number of benzene rings is 2. The molecule has 3 aromatic rings. The Bertz CT molecular complexity index is 1790. The van der Waals surface area contributed by atoms with Crippen LogP contribution in [0.2, 0.25) is 0 Å². The first-order valence-corrected chi connectivity index (χ1v) is 21.1. The molecule has 3 aliphatic rings. The number of hydrogen-bond donors (Lipinski definition) is 4. The third kappa shape index (κ3) is 10.6. The van der Waals surface area contributed by atoms with Gasteiger partial charge in [0.05, 0.1) is 28.8 Å². The van der Waals surface area contributed by atoms with Gasteiger partial charge < -0.3 is 36.0 Å². The molecule has 3 fully saturated rings. The van der Waals surface area contributed by atoms with Gasteiger partial charge in [-0.2, -0.15) is 0 Å². The highest BCUT2D eigenvalue weighted by Gasteiger charge is 2.53. The number of halogens is 1.